The van der Waals surface area contributed by atoms with E-state index in [-0.39, 0.29) is 18.7 Å². The van der Waals surface area contributed by atoms with Gasteiger partial charge in [-0.3, -0.25) is 4.79 Å². The van der Waals surface area contributed by atoms with Crippen molar-refractivity contribution >= 4 is 12.0 Å². The zero-order valence-electron chi connectivity index (χ0n) is 11.3. The SMILES string of the molecule is CC1C(C(=O)O)CCN1C(=O)N1CCC(CO)CC1. The molecule has 2 heterocycles. The Labute approximate surface area is 113 Å². The standard InChI is InChI=1S/C13H22N2O4/c1-9-11(12(17)18)4-7-15(9)13(19)14-5-2-10(8-16)3-6-14/h9-11,16H,2-8H2,1H3,(H,17,18). The van der Waals surface area contributed by atoms with E-state index in [0.29, 0.717) is 32.0 Å². The fourth-order valence-electron chi connectivity index (χ4n) is 3.03. The number of carbonyl (C=O) groups is 2. The molecule has 0 aromatic rings. The lowest BCUT2D eigenvalue weighted by atomic mass is 9.98. The van der Waals surface area contributed by atoms with E-state index >= 15 is 0 Å². The molecule has 0 bridgehead atoms. The summed E-state index contributed by atoms with van der Waals surface area (Å²) in [5.41, 5.74) is 0. The van der Waals surface area contributed by atoms with Crippen LogP contribution in [0, 0.1) is 11.8 Å². The molecule has 2 atom stereocenters. The third-order valence-corrected chi connectivity index (χ3v) is 4.46. The van der Waals surface area contributed by atoms with E-state index in [9.17, 15) is 9.59 Å². The maximum absolute atomic E-state index is 12.4. The first-order chi connectivity index (χ1) is 9.04. The van der Waals surface area contributed by atoms with Crippen LogP contribution in [0.2, 0.25) is 0 Å². The number of aliphatic carboxylic acids is 1. The molecule has 0 aliphatic carbocycles. The lowest BCUT2D eigenvalue weighted by Crippen LogP contribution is -2.49. The number of likely N-dealkylation sites (tertiary alicyclic amines) is 2. The van der Waals surface area contributed by atoms with Crippen LogP contribution in [-0.2, 0) is 4.79 Å². The van der Waals surface area contributed by atoms with E-state index in [4.69, 9.17) is 10.2 Å². The first-order valence-electron chi connectivity index (χ1n) is 6.93. The third-order valence-electron chi connectivity index (χ3n) is 4.46. The molecule has 2 unspecified atom stereocenters. The molecular weight excluding hydrogens is 248 g/mol. The van der Waals surface area contributed by atoms with Crippen LogP contribution < -0.4 is 0 Å². The van der Waals surface area contributed by atoms with Crippen molar-refractivity contribution in [1.29, 1.82) is 0 Å². The summed E-state index contributed by atoms with van der Waals surface area (Å²) in [5.74, 6) is -0.965. The minimum absolute atomic E-state index is 0.0485. The maximum Gasteiger partial charge on any atom is 0.320 e. The van der Waals surface area contributed by atoms with Crippen LogP contribution in [0.15, 0.2) is 0 Å². The fourth-order valence-corrected chi connectivity index (χ4v) is 3.03. The Bertz CT molecular complexity index is 353. The number of aliphatic hydroxyl groups excluding tert-OH is 1. The molecule has 6 nitrogen and oxygen atoms in total. The van der Waals surface area contributed by atoms with Gasteiger partial charge in [0.2, 0.25) is 0 Å². The maximum atomic E-state index is 12.4. The zero-order chi connectivity index (χ0) is 14.0. The van der Waals surface area contributed by atoms with Crippen LogP contribution in [-0.4, -0.2) is 64.3 Å². The van der Waals surface area contributed by atoms with Gasteiger partial charge in [0.1, 0.15) is 0 Å². The van der Waals surface area contributed by atoms with Crippen molar-refractivity contribution in [2.75, 3.05) is 26.2 Å². The van der Waals surface area contributed by atoms with Gasteiger partial charge in [-0.25, -0.2) is 4.79 Å². The molecule has 0 spiro atoms. The van der Waals surface area contributed by atoms with Gasteiger partial charge in [-0.1, -0.05) is 0 Å². The summed E-state index contributed by atoms with van der Waals surface area (Å²) in [5, 5.41) is 18.2. The number of carboxylic acids is 1. The first kappa shape index (κ1) is 14.1. The molecule has 0 aromatic carbocycles. The van der Waals surface area contributed by atoms with Crippen LogP contribution in [0.1, 0.15) is 26.2 Å². The highest BCUT2D eigenvalue weighted by atomic mass is 16.4. The number of hydrogen-bond donors (Lipinski definition) is 2. The van der Waals surface area contributed by atoms with E-state index in [2.05, 4.69) is 0 Å². The van der Waals surface area contributed by atoms with E-state index in [1.807, 2.05) is 6.92 Å². The summed E-state index contributed by atoms with van der Waals surface area (Å²) in [6.07, 6.45) is 2.19. The van der Waals surface area contributed by atoms with Crippen molar-refractivity contribution in [3.63, 3.8) is 0 Å². The molecule has 0 radical (unpaired) electrons. The monoisotopic (exact) mass is 270 g/mol. The number of urea groups is 1. The smallest absolute Gasteiger partial charge is 0.320 e. The van der Waals surface area contributed by atoms with Crippen molar-refractivity contribution in [3.05, 3.63) is 0 Å². The molecule has 2 saturated heterocycles. The van der Waals surface area contributed by atoms with Crippen molar-refractivity contribution in [3.8, 4) is 0 Å². The highest BCUT2D eigenvalue weighted by Crippen LogP contribution is 2.27. The summed E-state index contributed by atoms with van der Waals surface area (Å²) in [7, 11) is 0. The third kappa shape index (κ3) is 2.83. The second-order valence-electron chi connectivity index (χ2n) is 5.56. The van der Waals surface area contributed by atoms with Crippen LogP contribution in [0.4, 0.5) is 4.79 Å². The van der Waals surface area contributed by atoms with Crippen molar-refractivity contribution in [2.45, 2.75) is 32.2 Å². The lowest BCUT2D eigenvalue weighted by Gasteiger charge is -2.35. The van der Waals surface area contributed by atoms with Gasteiger partial charge in [-0.05, 0) is 32.1 Å². The molecule has 2 fully saturated rings. The first-order valence-corrected chi connectivity index (χ1v) is 6.93. The van der Waals surface area contributed by atoms with Crippen LogP contribution >= 0.6 is 0 Å². The Morgan fingerprint density at radius 3 is 2.26 bits per heavy atom. The number of amides is 2. The Morgan fingerprint density at radius 2 is 1.79 bits per heavy atom. The zero-order valence-corrected chi connectivity index (χ0v) is 11.3. The van der Waals surface area contributed by atoms with Gasteiger partial charge < -0.3 is 20.0 Å². The molecule has 2 N–H and O–H groups in total. The van der Waals surface area contributed by atoms with Crippen LogP contribution in [0.3, 0.4) is 0 Å². The molecule has 108 valence electrons. The summed E-state index contributed by atoms with van der Waals surface area (Å²) in [4.78, 5) is 26.9. The van der Waals surface area contributed by atoms with E-state index < -0.39 is 11.9 Å². The number of rotatable bonds is 2. The molecule has 6 heteroatoms. The lowest BCUT2D eigenvalue weighted by molar-refractivity contribution is -0.142. The number of nitrogens with zero attached hydrogens (tertiary/aromatic N) is 2. The number of aliphatic hydroxyl groups is 1. The second-order valence-corrected chi connectivity index (χ2v) is 5.56. The van der Waals surface area contributed by atoms with Gasteiger partial charge in [0.15, 0.2) is 0 Å². The molecule has 2 amide bonds. The summed E-state index contributed by atoms with van der Waals surface area (Å²) < 4.78 is 0. The average molecular weight is 270 g/mol. The fraction of sp³-hybridized carbons (Fsp3) is 0.846. The predicted molar refractivity (Wildman–Crippen MR) is 68.7 cm³/mol. The molecule has 0 saturated carbocycles. The molecular formula is C13H22N2O4. The van der Waals surface area contributed by atoms with Crippen molar-refractivity contribution in [2.24, 2.45) is 11.8 Å². The second kappa shape index (κ2) is 5.77. The topological polar surface area (TPSA) is 81.1 Å². The van der Waals surface area contributed by atoms with Gasteiger partial charge in [0.05, 0.1) is 5.92 Å². The Morgan fingerprint density at radius 1 is 1.16 bits per heavy atom. The van der Waals surface area contributed by atoms with Gasteiger partial charge in [0, 0.05) is 32.3 Å². The highest BCUT2D eigenvalue weighted by Gasteiger charge is 2.40. The highest BCUT2D eigenvalue weighted by molar-refractivity contribution is 5.78. The molecule has 19 heavy (non-hydrogen) atoms. The van der Waals surface area contributed by atoms with E-state index in [0.717, 1.165) is 12.8 Å². The number of hydrogen-bond acceptors (Lipinski definition) is 3. The number of carboxylic acid groups (broad SMARTS) is 1. The Balaban J connectivity index is 1.92. The molecule has 2 rings (SSSR count). The largest absolute Gasteiger partial charge is 0.481 e. The van der Waals surface area contributed by atoms with Crippen molar-refractivity contribution in [1.82, 2.24) is 9.80 Å². The predicted octanol–water partition coefficient (Wildman–Crippen LogP) is 0.606. The Kier molecular flexibility index (Phi) is 4.29. The Hall–Kier alpha value is -1.30. The average Bonchev–Trinajstić information content (AvgIpc) is 2.80. The van der Waals surface area contributed by atoms with Crippen LogP contribution in [0.5, 0.6) is 0 Å². The van der Waals surface area contributed by atoms with Gasteiger partial charge in [-0.15, -0.1) is 0 Å². The molecule has 0 aromatic heterocycles. The minimum atomic E-state index is -0.818. The van der Waals surface area contributed by atoms with Gasteiger partial charge in [0.25, 0.3) is 0 Å². The molecule has 2 aliphatic heterocycles. The normalized spacial score (nSPS) is 28.7. The van der Waals surface area contributed by atoms with Crippen LogP contribution in [0.25, 0.3) is 0 Å². The summed E-state index contributed by atoms with van der Waals surface area (Å²) in [6, 6.07) is -0.284. The van der Waals surface area contributed by atoms with Gasteiger partial charge in [-0.2, -0.15) is 0 Å². The van der Waals surface area contributed by atoms with E-state index in [1.54, 1.807) is 9.80 Å². The summed E-state index contributed by atoms with van der Waals surface area (Å²) in [6.45, 7) is 3.83. The number of carbonyl (C=O) groups excluding carboxylic acids is 1. The van der Waals surface area contributed by atoms with E-state index in [1.165, 1.54) is 0 Å². The minimum Gasteiger partial charge on any atom is -0.481 e. The van der Waals surface area contributed by atoms with Gasteiger partial charge >= 0.3 is 12.0 Å². The summed E-state index contributed by atoms with van der Waals surface area (Å²) >= 11 is 0. The quantitative estimate of drug-likeness (QED) is 0.770. The number of piperidine rings is 1. The molecule has 2 aliphatic rings. The van der Waals surface area contributed by atoms with Crippen molar-refractivity contribution < 1.29 is 19.8 Å².